The highest BCUT2D eigenvalue weighted by Crippen LogP contribution is 2.38. The van der Waals surface area contributed by atoms with Gasteiger partial charge in [0.15, 0.2) is 11.5 Å². The number of carbonyl (C=O) groups excluding carboxylic acids is 2. The molecular weight excluding hydrogens is 482 g/mol. The van der Waals surface area contributed by atoms with E-state index in [1.807, 2.05) is 44.2 Å². The molecule has 1 aromatic heterocycles. The molecular formula is C29H37N5O4. The van der Waals surface area contributed by atoms with Gasteiger partial charge in [0.25, 0.3) is 5.91 Å². The number of fused-ring (bicyclic) bond motifs is 1. The number of aromatic nitrogens is 1. The highest BCUT2D eigenvalue weighted by molar-refractivity contribution is 6.08. The van der Waals surface area contributed by atoms with Crippen molar-refractivity contribution in [3.63, 3.8) is 0 Å². The summed E-state index contributed by atoms with van der Waals surface area (Å²) in [5.74, 6) is 0.640. The van der Waals surface area contributed by atoms with Crippen LogP contribution >= 0.6 is 0 Å². The monoisotopic (exact) mass is 519 g/mol. The van der Waals surface area contributed by atoms with Gasteiger partial charge in [-0.25, -0.2) is 0 Å². The van der Waals surface area contributed by atoms with Gasteiger partial charge in [-0.05, 0) is 62.9 Å². The minimum Gasteiger partial charge on any atom is -0.490 e. The Morgan fingerprint density at radius 1 is 1.13 bits per heavy atom. The first-order chi connectivity index (χ1) is 18.5. The second-order valence-electron chi connectivity index (χ2n) is 9.28. The number of primary amides is 1. The van der Waals surface area contributed by atoms with Crippen LogP contribution in [0, 0.1) is 5.92 Å². The van der Waals surface area contributed by atoms with Crippen LogP contribution in [-0.2, 0) is 17.8 Å². The van der Waals surface area contributed by atoms with Crippen LogP contribution in [0.25, 0.3) is 10.9 Å². The molecule has 9 nitrogen and oxygen atoms in total. The second-order valence-corrected chi connectivity index (χ2v) is 9.28. The van der Waals surface area contributed by atoms with E-state index in [1.165, 1.54) is 6.20 Å². The van der Waals surface area contributed by atoms with Gasteiger partial charge in [-0.2, -0.15) is 0 Å². The molecule has 0 saturated carbocycles. The minimum atomic E-state index is -0.587. The predicted octanol–water partition coefficient (Wildman–Crippen LogP) is 4.05. The molecule has 1 fully saturated rings. The van der Waals surface area contributed by atoms with Crippen molar-refractivity contribution >= 4 is 34.1 Å². The Balaban J connectivity index is 1.70. The number of ether oxygens (including phenoxy) is 2. The van der Waals surface area contributed by atoms with Gasteiger partial charge >= 0.3 is 0 Å². The molecule has 5 N–H and O–H groups in total. The lowest BCUT2D eigenvalue weighted by Gasteiger charge is -2.23. The SMILES string of the molecule is CCOc1cc2ncc(C(N)=O)c(Nc3cccc(CNC(=O)[C@H]4CCCNC4)c3CC)c2cc1OCC. The number of hydrogen-bond acceptors (Lipinski definition) is 7. The highest BCUT2D eigenvalue weighted by atomic mass is 16.5. The van der Waals surface area contributed by atoms with Crippen molar-refractivity contribution in [1.82, 2.24) is 15.6 Å². The molecule has 2 amide bonds. The van der Waals surface area contributed by atoms with Gasteiger partial charge in [0.2, 0.25) is 5.91 Å². The maximum atomic E-state index is 12.7. The number of carbonyl (C=O) groups is 2. The van der Waals surface area contributed by atoms with E-state index in [4.69, 9.17) is 15.2 Å². The molecule has 2 heterocycles. The molecule has 0 spiro atoms. The van der Waals surface area contributed by atoms with Crippen LogP contribution in [0.4, 0.5) is 11.4 Å². The molecule has 1 atom stereocenters. The maximum absolute atomic E-state index is 12.7. The Labute approximate surface area is 223 Å². The summed E-state index contributed by atoms with van der Waals surface area (Å²) in [6, 6.07) is 9.57. The molecule has 3 aromatic rings. The summed E-state index contributed by atoms with van der Waals surface area (Å²) in [6.45, 7) is 8.93. The first-order valence-electron chi connectivity index (χ1n) is 13.3. The second kappa shape index (κ2) is 12.6. The van der Waals surface area contributed by atoms with Gasteiger partial charge in [0.1, 0.15) is 0 Å². The third-order valence-electron chi connectivity index (χ3n) is 6.81. The van der Waals surface area contributed by atoms with Gasteiger partial charge in [-0.1, -0.05) is 19.1 Å². The zero-order chi connectivity index (χ0) is 27.1. The first kappa shape index (κ1) is 27.2. The number of rotatable bonds is 11. The fourth-order valence-corrected chi connectivity index (χ4v) is 4.93. The van der Waals surface area contributed by atoms with Crippen molar-refractivity contribution in [2.45, 2.75) is 46.6 Å². The summed E-state index contributed by atoms with van der Waals surface area (Å²) in [4.78, 5) is 29.6. The average Bonchev–Trinajstić information content (AvgIpc) is 2.93. The summed E-state index contributed by atoms with van der Waals surface area (Å²) < 4.78 is 11.6. The van der Waals surface area contributed by atoms with Crippen molar-refractivity contribution in [3.05, 3.63) is 53.2 Å². The number of pyridine rings is 1. The number of nitrogens with two attached hydrogens (primary N) is 1. The lowest BCUT2D eigenvalue weighted by atomic mass is 9.98. The molecule has 1 aliphatic heterocycles. The molecule has 9 heteroatoms. The summed E-state index contributed by atoms with van der Waals surface area (Å²) in [5.41, 5.74) is 10.1. The number of piperidine rings is 1. The van der Waals surface area contributed by atoms with E-state index in [0.717, 1.165) is 42.6 Å². The molecule has 2 aromatic carbocycles. The van der Waals surface area contributed by atoms with Gasteiger partial charge in [0.05, 0.1) is 35.9 Å². The standard InChI is InChI=1S/C29H37N5O4/c1-4-20-18(16-33-29(36)19-10-8-12-31-15-19)9-7-11-23(20)34-27-21-13-25(37-5-2)26(38-6-3)14-24(21)32-17-22(27)28(30)35/h7,9,11,13-14,17,19,31H,4-6,8,10,12,15-16H2,1-3H3,(H2,30,35)(H,32,34)(H,33,36)/t19-/m0/s1. The van der Waals surface area contributed by atoms with E-state index in [2.05, 4.69) is 27.9 Å². The highest BCUT2D eigenvalue weighted by Gasteiger charge is 2.22. The van der Waals surface area contributed by atoms with Crippen LogP contribution in [0.5, 0.6) is 11.5 Å². The fourth-order valence-electron chi connectivity index (χ4n) is 4.93. The lowest BCUT2D eigenvalue weighted by Crippen LogP contribution is -2.40. The smallest absolute Gasteiger partial charge is 0.252 e. The Bertz CT molecular complexity index is 1300. The maximum Gasteiger partial charge on any atom is 0.252 e. The number of benzene rings is 2. The van der Waals surface area contributed by atoms with E-state index >= 15 is 0 Å². The van der Waals surface area contributed by atoms with E-state index in [0.29, 0.717) is 54.4 Å². The van der Waals surface area contributed by atoms with Crippen LogP contribution in [0.3, 0.4) is 0 Å². The van der Waals surface area contributed by atoms with Gasteiger partial charge < -0.3 is 31.2 Å². The topological polar surface area (TPSA) is 128 Å². The number of nitrogens with one attached hydrogen (secondary N) is 3. The molecule has 1 aliphatic rings. The van der Waals surface area contributed by atoms with E-state index in [9.17, 15) is 9.59 Å². The largest absolute Gasteiger partial charge is 0.490 e. The zero-order valence-electron chi connectivity index (χ0n) is 22.4. The van der Waals surface area contributed by atoms with Gasteiger partial charge in [-0.15, -0.1) is 0 Å². The molecule has 0 aliphatic carbocycles. The van der Waals surface area contributed by atoms with Gasteiger partial charge in [0, 0.05) is 36.4 Å². The van der Waals surface area contributed by atoms with Crippen LogP contribution in [0.15, 0.2) is 36.5 Å². The quantitative estimate of drug-likeness (QED) is 0.301. The number of anilines is 2. The van der Waals surface area contributed by atoms with Crippen LogP contribution in [0.2, 0.25) is 0 Å². The summed E-state index contributed by atoms with van der Waals surface area (Å²) in [7, 11) is 0. The third kappa shape index (κ3) is 5.99. The van der Waals surface area contributed by atoms with E-state index in [-0.39, 0.29) is 17.4 Å². The number of nitrogens with zero attached hydrogens (tertiary/aromatic N) is 1. The van der Waals surface area contributed by atoms with Crippen molar-refractivity contribution < 1.29 is 19.1 Å². The zero-order valence-corrected chi connectivity index (χ0v) is 22.4. The van der Waals surface area contributed by atoms with Crippen molar-refractivity contribution in [2.24, 2.45) is 11.7 Å². The average molecular weight is 520 g/mol. The number of amides is 2. The number of hydrogen-bond donors (Lipinski definition) is 4. The Kier molecular flexibility index (Phi) is 9.02. The van der Waals surface area contributed by atoms with Crippen molar-refractivity contribution in [2.75, 3.05) is 31.6 Å². The van der Waals surface area contributed by atoms with Crippen molar-refractivity contribution in [1.29, 1.82) is 0 Å². The molecule has 0 radical (unpaired) electrons. The summed E-state index contributed by atoms with van der Waals surface area (Å²) in [6.07, 6.45) is 4.13. The molecule has 202 valence electrons. The normalized spacial score (nSPS) is 15.2. The third-order valence-corrected chi connectivity index (χ3v) is 6.81. The van der Waals surface area contributed by atoms with Crippen LogP contribution < -0.4 is 31.2 Å². The lowest BCUT2D eigenvalue weighted by molar-refractivity contribution is -0.125. The molecule has 1 saturated heterocycles. The van der Waals surface area contributed by atoms with Crippen LogP contribution in [0.1, 0.15) is 55.1 Å². The Morgan fingerprint density at radius 3 is 2.55 bits per heavy atom. The van der Waals surface area contributed by atoms with Crippen molar-refractivity contribution in [3.8, 4) is 11.5 Å². The van der Waals surface area contributed by atoms with Crippen LogP contribution in [-0.4, -0.2) is 43.1 Å². The van der Waals surface area contributed by atoms with Gasteiger partial charge in [-0.3, -0.25) is 14.6 Å². The molecule has 0 bridgehead atoms. The fraction of sp³-hybridized carbons (Fsp3) is 0.414. The summed E-state index contributed by atoms with van der Waals surface area (Å²) in [5, 5.41) is 10.6. The van der Waals surface area contributed by atoms with E-state index < -0.39 is 5.91 Å². The first-order valence-corrected chi connectivity index (χ1v) is 13.3. The Hall–Kier alpha value is -3.85. The minimum absolute atomic E-state index is 0.00226. The molecule has 4 rings (SSSR count). The Morgan fingerprint density at radius 2 is 1.89 bits per heavy atom. The van der Waals surface area contributed by atoms with E-state index in [1.54, 1.807) is 0 Å². The molecule has 38 heavy (non-hydrogen) atoms. The summed E-state index contributed by atoms with van der Waals surface area (Å²) >= 11 is 0. The predicted molar refractivity (Wildman–Crippen MR) is 149 cm³/mol. The molecule has 0 unspecified atom stereocenters.